The first kappa shape index (κ1) is 16.2. The van der Waals surface area contributed by atoms with Gasteiger partial charge in [-0.05, 0) is 37.3 Å². The van der Waals surface area contributed by atoms with Crippen molar-refractivity contribution in [3.8, 4) is 5.88 Å². The lowest BCUT2D eigenvalue weighted by Gasteiger charge is -2.27. The lowest BCUT2D eigenvalue weighted by Crippen LogP contribution is -2.15. The third-order valence-corrected chi connectivity index (χ3v) is 4.43. The summed E-state index contributed by atoms with van der Waals surface area (Å²) in [6.07, 6.45) is 3.09. The molecule has 1 heterocycles. The van der Waals surface area contributed by atoms with Gasteiger partial charge < -0.3 is 14.6 Å². The van der Waals surface area contributed by atoms with E-state index in [4.69, 9.17) is 9.47 Å². The molecule has 6 nitrogen and oxygen atoms in total. The zero-order valence-electron chi connectivity index (χ0n) is 13.7. The van der Waals surface area contributed by atoms with Crippen LogP contribution in [-0.2, 0) is 4.74 Å². The molecule has 6 heteroatoms. The summed E-state index contributed by atoms with van der Waals surface area (Å²) in [5, 5.41) is 10.3. The van der Waals surface area contributed by atoms with Crippen molar-refractivity contribution in [3.05, 3.63) is 34.9 Å². The number of fused-ring (bicyclic) bond motifs is 1. The number of pyridine rings is 1. The number of carbonyl (C=O) groups is 2. The molecule has 0 aliphatic heterocycles. The van der Waals surface area contributed by atoms with E-state index in [0.29, 0.717) is 10.9 Å². The minimum Gasteiger partial charge on any atom is -0.480 e. The van der Waals surface area contributed by atoms with Gasteiger partial charge in [-0.25, -0.2) is 14.6 Å². The number of carboxylic acids is 1. The van der Waals surface area contributed by atoms with E-state index in [1.54, 1.807) is 13.0 Å². The van der Waals surface area contributed by atoms with Gasteiger partial charge >= 0.3 is 11.9 Å². The molecule has 3 rings (SSSR count). The minimum absolute atomic E-state index is 0.0780. The number of methoxy groups -OCH3 is 1. The summed E-state index contributed by atoms with van der Waals surface area (Å²) < 4.78 is 10.2. The number of esters is 1. The van der Waals surface area contributed by atoms with Gasteiger partial charge in [0.05, 0.1) is 24.8 Å². The fourth-order valence-corrected chi connectivity index (χ4v) is 3.03. The van der Waals surface area contributed by atoms with E-state index in [-0.39, 0.29) is 29.5 Å². The Labute approximate surface area is 139 Å². The van der Waals surface area contributed by atoms with Gasteiger partial charge in [-0.2, -0.15) is 0 Å². The third-order valence-electron chi connectivity index (χ3n) is 4.43. The highest BCUT2D eigenvalue weighted by Crippen LogP contribution is 2.40. The average Bonchev–Trinajstić information content (AvgIpc) is 2.51. The van der Waals surface area contributed by atoms with Crippen LogP contribution in [0.4, 0.5) is 0 Å². The average molecular weight is 329 g/mol. The van der Waals surface area contributed by atoms with Crippen molar-refractivity contribution in [2.24, 2.45) is 0 Å². The molecule has 0 saturated heterocycles. The van der Waals surface area contributed by atoms with Gasteiger partial charge in [-0.15, -0.1) is 0 Å². The minimum atomic E-state index is -1.01. The monoisotopic (exact) mass is 329 g/mol. The summed E-state index contributed by atoms with van der Waals surface area (Å²) in [6.45, 7) is 1.95. The zero-order chi connectivity index (χ0) is 17.3. The van der Waals surface area contributed by atoms with Crippen LogP contribution in [0.2, 0.25) is 0 Å². The van der Waals surface area contributed by atoms with Crippen molar-refractivity contribution in [1.29, 1.82) is 0 Å². The fraction of sp³-hybridized carbons (Fsp3) is 0.389. The van der Waals surface area contributed by atoms with Crippen molar-refractivity contribution >= 4 is 22.8 Å². The van der Waals surface area contributed by atoms with Crippen LogP contribution < -0.4 is 4.74 Å². The Hall–Kier alpha value is -2.63. The van der Waals surface area contributed by atoms with Crippen molar-refractivity contribution in [1.82, 2.24) is 4.98 Å². The molecule has 0 amide bonds. The number of benzene rings is 1. The van der Waals surface area contributed by atoms with Crippen LogP contribution >= 0.6 is 0 Å². The molecule has 1 fully saturated rings. The summed E-state index contributed by atoms with van der Waals surface area (Å²) in [5.41, 5.74) is 1.54. The molecule has 1 aliphatic carbocycles. The van der Waals surface area contributed by atoms with Gasteiger partial charge in [0.15, 0.2) is 0 Å². The molecule has 1 N–H and O–H groups in total. The predicted molar refractivity (Wildman–Crippen MR) is 87.8 cm³/mol. The van der Waals surface area contributed by atoms with Crippen molar-refractivity contribution < 1.29 is 24.2 Å². The van der Waals surface area contributed by atoms with Crippen LogP contribution in [0.3, 0.4) is 0 Å². The van der Waals surface area contributed by atoms with E-state index in [1.807, 2.05) is 12.1 Å². The number of hydrogen-bond donors (Lipinski definition) is 1. The van der Waals surface area contributed by atoms with Gasteiger partial charge in [0.1, 0.15) is 5.56 Å². The Morgan fingerprint density at radius 3 is 2.62 bits per heavy atom. The highest BCUT2D eigenvalue weighted by atomic mass is 16.5. The molecule has 126 valence electrons. The maximum absolute atomic E-state index is 12.1. The van der Waals surface area contributed by atoms with E-state index in [2.05, 4.69) is 4.98 Å². The molecule has 0 bridgehead atoms. The topological polar surface area (TPSA) is 85.7 Å². The maximum atomic E-state index is 12.1. The van der Waals surface area contributed by atoms with Crippen LogP contribution in [0.25, 0.3) is 10.9 Å². The van der Waals surface area contributed by atoms with Crippen molar-refractivity contribution in [2.75, 3.05) is 13.7 Å². The van der Waals surface area contributed by atoms with Crippen LogP contribution in [0.15, 0.2) is 18.2 Å². The summed E-state index contributed by atoms with van der Waals surface area (Å²) in [6, 6.07) is 5.22. The van der Waals surface area contributed by atoms with E-state index < -0.39 is 11.9 Å². The number of ether oxygens (including phenoxy) is 2. The van der Waals surface area contributed by atoms with Crippen LogP contribution in [0, 0.1) is 0 Å². The second kappa shape index (κ2) is 6.47. The SMILES string of the molecule is CCOC(=O)c1cc2ccc(C3CCC3)c(C(=O)O)c2nc1OC. The molecule has 1 aliphatic rings. The molecule has 0 spiro atoms. The van der Waals surface area contributed by atoms with E-state index in [1.165, 1.54) is 7.11 Å². The normalized spacial score (nSPS) is 14.2. The molecular weight excluding hydrogens is 310 g/mol. The highest BCUT2D eigenvalue weighted by Gasteiger charge is 2.28. The fourth-order valence-electron chi connectivity index (χ4n) is 3.03. The van der Waals surface area contributed by atoms with E-state index in [9.17, 15) is 14.7 Å². The number of carbonyl (C=O) groups excluding carboxylic acids is 1. The first-order valence-electron chi connectivity index (χ1n) is 7.98. The van der Waals surface area contributed by atoms with E-state index >= 15 is 0 Å². The summed E-state index contributed by atoms with van der Waals surface area (Å²) in [4.78, 5) is 28.2. The lowest BCUT2D eigenvalue weighted by molar-refractivity contribution is 0.0521. The van der Waals surface area contributed by atoms with Crippen molar-refractivity contribution in [3.63, 3.8) is 0 Å². The van der Waals surface area contributed by atoms with Gasteiger partial charge in [0.25, 0.3) is 0 Å². The zero-order valence-corrected chi connectivity index (χ0v) is 13.7. The molecule has 1 saturated carbocycles. The molecule has 1 aromatic heterocycles. The number of aromatic nitrogens is 1. The number of aromatic carboxylic acids is 1. The summed E-state index contributed by atoms with van der Waals surface area (Å²) >= 11 is 0. The first-order chi connectivity index (χ1) is 11.6. The smallest absolute Gasteiger partial charge is 0.343 e. The second-order valence-electron chi connectivity index (χ2n) is 5.80. The largest absolute Gasteiger partial charge is 0.480 e. The standard InChI is InChI=1S/C18H19NO5/c1-3-24-18(22)13-9-11-7-8-12(10-5-4-6-10)14(17(20)21)15(11)19-16(13)23-2/h7-10H,3-6H2,1-2H3,(H,20,21). The maximum Gasteiger partial charge on any atom is 0.343 e. The predicted octanol–water partition coefficient (Wildman–Crippen LogP) is 3.39. The molecule has 1 aromatic carbocycles. The second-order valence-corrected chi connectivity index (χ2v) is 5.80. The number of carboxylic acid groups (broad SMARTS) is 1. The van der Waals surface area contributed by atoms with Gasteiger partial charge in [-0.1, -0.05) is 18.6 Å². The molecule has 0 radical (unpaired) electrons. The summed E-state index contributed by atoms with van der Waals surface area (Å²) in [5.74, 6) is -1.21. The Kier molecular flexibility index (Phi) is 4.38. The van der Waals surface area contributed by atoms with Crippen LogP contribution in [-0.4, -0.2) is 35.7 Å². The Morgan fingerprint density at radius 2 is 2.08 bits per heavy atom. The Balaban J connectivity index is 2.22. The third kappa shape index (κ3) is 2.68. The molecule has 2 aromatic rings. The number of hydrogen-bond acceptors (Lipinski definition) is 5. The number of nitrogens with zero attached hydrogens (tertiary/aromatic N) is 1. The molecular formula is C18H19NO5. The van der Waals surface area contributed by atoms with Gasteiger partial charge in [0, 0.05) is 5.39 Å². The Bertz CT molecular complexity index is 811. The lowest BCUT2D eigenvalue weighted by atomic mass is 9.77. The van der Waals surface area contributed by atoms with Gasteiger partial charge in [-0.3, -0.25) is 0 Å². The molecule has 0 atom stereocenters. The Morgan fingerprint density at radius 1 is 1.33 bits per heavy atom. The van der Waals surface area contributed by atoms with Crippen LogP contribution in [0.5, 0.6) is 5.88 Å². The first-order valence-corrected chi connectivity index (χ1v) is 7.98. The quantitative estimate of drug-likeness (QED) is 0.846. The van der Waals surface area contributed by atoms with Crippen molar-refractivity contribution in [2.45, 2.75) is 32.1 Å². The molecule has 0 unspecified atom stereocenters. The van der Waals surface area contributed by atoms with Crippen LogP contribution in [0.1, 0.15) is 58.4 Å². The summed E-state index contributed by atoms with van der Waals surface area (Å²) in [7, 11) is 1.40. The number of rotatable bonds is 5. The van der Waals surface area contributed by atoms with Gasteiger partial charge in [0.2, 0.25) is 5.88 Å². The highest BCUT2D eigenvalue weighted by molar-refractivity contribution is 6.05. The molecule has 24 heavy (non-hydrogen) atoms. The van der Waals surface area contributed by atoms with E-state index in [0.717, 1.165) is 24.8 Å².